The Balaban J connectivity index is 1.04. The van der Waals surface area contributed by atoms with Gasteiger partial charge >= 0.3 is 0 Å². The molecular formula is C53H34N2S2. The Morgan fingerprint density at radius 2 is 1.00 bits per heavy atom. The molecule has 0 aliphatic carbocycles. The van der Waals surface area contributed by atoms with E-state index in [0.717, 1.165) is 33.9 Å². The summed E-state index contributed by atoms with van der Waals surface area (Å²) in [5, 5.41) is 5.15. The van der Waals surface area contributed by atoms with E-state index in [4.69, 9.17) is 9.98 Å². The van der Waals surface area contributed by atoms with E-state index < -0.39 is 0 Å². The fourth-order valence-corrected chi connectivity index (χ4v) is 10.7. The molecular weight excluding hydrogens is 729 g/mol. The molecule has 57 heavy (non-hydrogen) atoms. The van der Waals surface area contributed by atoms with E-state index in [1.807, 2.05) is 34.8 Å². The molecule has 0 bridgehead atoms. The number of rotatable bonds is 6. The van der Waals surface area contributed by atoms with Gasteiger partial charge in [0.15, 0.2) is 5.84 Å². The van der Waals surface area contributed by atoms with Crippen molar-refractivity contribution >= 4 is 80.3 Å². The molecule has 2 nitrogen and oxygen atoms in total. The number of allylic oxidation sites excluding steroid dienone is 1. The lowest BCUT2D eigenvalue weighted by atomic mass is 9.93. The second kappa shape index (κ2) is 14.1. The normalized spacial score (nSPS) is 13.2. The fourth-order valence-electron chi connectivity index (χ4n) is 8.21. The fraction of sp³-hybridized carbons (Fsp3) is 0.0189. The maximum Gasteiger partial charge on any atom is 0.160 e. The quantitative estimate of drug-likeness (QED) is 0.161. The largest absolute Gasteiger partial charge is 0.232 e. The molecule has 1 aliphatic rings. The molecule has 0 radical (unpaired) electrons. The predicted molar refractivity (Wildman–Crippen MR) is 247 cm³/mol. The number of fused-ring (bicyclic) bond motifs is 6. The first-order valence-electron chi connectivity index (χ1n) is 19.3. The summed E-state index contributed by atoms with van der Waals surface area (Å²) in [6.45, 7) is 0. The van der Waals surface area contributed by atoms with Gasteiger partial charge in [-0.25, -0.2) is 9.98 Å². The highest BCUT2D eigenvalue weighted by Gasteiger charge is 2.19. The van der Waals surface area contributed by atoms with Crippen LogP contribution in [-0.4, -0.2) is 11.5 Å². The lowest BCUT2D eigenvalue weighted by molar-refractivity contribution is 1.43. The average molecular weight is 763 g/mol. The summed E-state index contributed by atoms with van der Waals surface area (Å²) in [5.41, 5.74) is 12.7. The van der Waals surface area contributed by atoms with Crippen LogP contribution in [0.1, 0.15) is 23.1 Å². The van der Waals surface area contributed by atoms with E-state index in [9.17, 15) is 0 Å². The van der Waals surface area contributed by atoms with Crippen molar-refractivity contribution in [3.8, 4) is 33.4 Å². The average Bonchev–Trinajstić information content (AvgIpc) is 3.78. The third-order valence-electron chi connectivity index (χ3n) is 11.0. The molecule has 2 aromatic heterocycles. The maximum absolute atomic E-state index is 5.29. The van der Waals surface area contributed by atoms with Gasteiger partial charge < -0.3 is 0 Å². The minimum Gasteiger partial charge on any atom is -0.232 e. The molecule has 3 heterocycles. The zero-order valence-corrected chi connectivity index (χ0v) is 32.5. The van der Waals surface area contributed by atoms with Crippen molar-refractivity contribution in [1.82, 2.24) is 0 Å². The molecule has 0 fully saturated rings. The Morgan fingerprint density at radius 3 is 1.82 bits per heavy atom. The highest BCUT2D eigenvalue weighted by molar-refractivity contribution is 7.27. The molecule has 8 aromatic carbocycles. The Labute approximate surface area is 339 Å². The van der Waals surface area contributed by atoms with Gasteiger partial charge in [-0.05, 0) is 57.1 Å². The molecule has 10 aromatic rings. The Kier molecular flexibility index (Phi) is 8.31. The lowest BCUT2D eigenvalue weighted by Gasteiger charge is -2.11. The molecule has 0 saturated heterocycles. The van der Waals surface area contributed by atoms with E-state index in [0.29, 0.717) is 6.42 Å². The zero-order valence-electron chi connectivity index (χ0n) is 30.9. The second-order valence-electron chi connectivity index (χ2n) is 14.4. The van der Waals surface area contributed by atoms with Gasteiger partial charge in [0.25, 0.3) is 0 Å². The molecule has 11 rings (SSSR count). The third-order valence-corrected chi connectivity index (χ3v) is 13.4. The van der Waals surface area contributed by atoms with E-state index in [1.54, 1.807) is 0 Å². The van der Waals surface area contributed by atoms with E-state index >= 15 is 0 Å². The van der Waals surface area contributed by atoms with Crippen LogP contribution in [0.25, 0.3) is 79.4 Å². The van der Waals surface area contributed by atoms with Gasteiger partial charge in [0.1, 0.15) is 0 Å². The third kappa shape index (κ3) is 6.02. The van der Waals surface area contributed by atoms with Gasteiger partial charge in [0, 0.05) is 57.9 Å². The number of benzene rings is 8. The summed E-state index contributed by atoms with van der Waals surface area (Å²) in [4.78, 5) is 10.4. The number of nitrogens with zero attached hydrogens (tertiary/aromatic N) is 2. The first kappa shape index (κ1) is 33.6. The first-order chi connectivity index (χ1) is 28.2. The van der Waals surface area contributed by atoms with Crippen LogP contribution in [0.3, 0.4) is 0 Å². The van der Waals surface area contributed by atoms with Crippen LogP contribution < -0.4 is 0 Å². The Bertz CT molecular complexity index is 3240. The minimum atomic E-state index is 0.697. The predicted octanol–water partition coefficient (Wildman–Crippen LogP) is 15.1. The Morgan fingerprint density at radius 1 is 0.368 bits per heavy atom. The summed E-state index contributed by atoms with van der Waals surface area (Å²) < 4.78 is 5.14. The zero-order chi connectivity index (χ0) is 37.7. The molecule has 0 unspecified atom stereocenters. The first-order valence-corrected chi connectivity index (χ1v) is 20.9. The monoisotopic (exact) mass is 762 g/mol. The maximum atomic E-state index is 5.29. The molecule has 0 spiro atoms. The van der Waals surface area contributed by atoms with Crippen LogP contribution in [0.4, 0.5) is 0 Å². The summed E-state index contributed by atoms with van der Waals surface area (Å²) in [6.07, 6.45) is 2.95. The van der Waals surface area contributed by atoms with Gasteiger partial charge in [0.05, 0.1) is 11.4 Å². The SMILES string of the molecule is C1=C(c2cccc3c2sc2cc(-c4ccc(-c5cccc(-c6ccccc6)c5)c5c4sc4ccccc45)ccc23)N=C(c2ccccc2)N=C(c2ccccc2)C1. The van der Waals surface area contributed by atoms with Crippen molar-refractivity contribution in [1.29, 1.82) is 0 Å². The van der Waals surface area contributed by atoms with Crippen molar-refractivity contribution in [2.75, 3.05) is 0 Å². The molecule has 4 heteroatoms. The Hall–Kier alpha value is -6.72. The summed E-state index contributed by atoms with van der Waals surface area (Å²) >= 11 is 3.75. The summed E-state index contributed by atoms with van der Waals surface area (Å²) in [7, 11) is 0. The van der Waals surface area contributed by atoms with Crippen LogP contribution >= 0.6 is 22.7 Å². The van der Waals surface area contributed by atoms with Crippen LogP contribution in [0.2, 0.25) is 0 Å². The molecule has 0 N–H and O–H groups in total. The lowest BCUT2D eigenvalue weighted by Crippen LogP contribution is -2.04. The highest BCUT2D eigenvalue weighted by Crippen LogP contribution is 2.47. The van der Waals surface area contributed by atoms with Gasteiger partial charge in [0.2, 0.25) is 0 Å². The molecule has 0 amide bonds. The van der Waals surface area contributed by atoms with Gasteiger partial charge in [-0.1, -0.05) is 176 Å². The van der Waals surface area contributed by atoms with Gasteiger partial charge in [-0.3, -0.25) is 0 Å². The number of hydrogen-bond donors (Lipinski definition) is 0. The summed E-state index contributed by atoms with van der Waals surface area (Å²) in [6, 6.07) is 67.6. The molecule has 268 valence electrons. The minimum absolute atomic E-state index is 0.697. The smallest absolute Gasteiger partial charge is 0.160 e. The van der Waals surface area contributed by atoms with Crippen LogP contribution in [0, 0.1) is 0 Å². The number of aliphatic imine (C=N–C) groups is 2. The van der Waals surface area contributed by atoms with Gasteiger partial charge in [-0.15, -0.1) is 22.7 Å². The van der Waals surface area contributed by atoms with Crippen LogP contribution in [0.5, 0.6) is 0 Å². The van der Waals surface area contributed by atoms with Gasteiger partial charge in [-0.2, -0.15) is 0 Å². The van der Waals surface area contributed by atoms with Crippen molar-refractivity contribution in [2.45, 2.75) is 6.42 Å². The van der Waals surface area contributed by atoms with Crippen molar-refractivity contribution in [2.24, 2.45) is 9.98 Å². The molecule has 1 aliphatic heterocycles. The second-order valence-corrected chi connectivity index (χ2v) is 16.5. The number of hydrogen-bond acceptors (Lipinski definition) is 4. The van der Waals surface area contributed by atoms with E-state index in [1.165, 1.54) is 73.7 Å². The molecule has 0 saturated carbocycles. The topological polar surface area (TPSA) is 24.7 Å². The summed E-state index contributed by atoms with van der Waals surface area (Å²) in [5.74, 6) is 0.737. The number of thiophene rings is 2. The highest BCUT2D eigenvalue weighted by atomic mass is 32.1. The van der Waals surface area contributed by atoms with Crippen molar-refractivity contribution < 1.29 is 0 Å². The van der Waals surface area contributed by atoms with Crippen LogP contribution in [0.15, 0.2) is 204 Å². The number of amidine groups is 1. The van der Waals surface area contributed by atoms with Crippen molar-refractivity contribution in [3.05, 3.63) is 211 Å². The van der Waals surface area contributed by atoms with Crippen LogP contribution in [-0.2, 0) is 0 Å². The van der Waals surface area contributed by atoms with Crippen molar-refractivity contribution in [3.63, 3.8) is 0 Å². The van der Waals surface area contributed by atoms with E-state index in [2.05, 4.69) is 182 Å². The van der Waals surface area contributed by atoms with E-state index in [-0.39, 0.29) is 0 Å². The molecule has 0 atom stereocenters. The standard InChI is InChI=1S/C53H34N2S2/c1-4-14-34(15-5-1)37-20-12-21-38(32-37)40-28-29-41(52-50(40)45-22-10-11-25-48(45)56-52)39-26-27-42-43-23-13-24-44(51(43)57-49(42)33-39)47-31-30-46(35-16-6-2-7-17-35)54-53(55-47)36-18-8-3-9-19-36/h1-29,31-33H,30H2.